The Kier molecular flexibility index (Phi) is 36.9. The van der Waals surface area contributed by atoms with E-state index >= 15 is 0 Å². The molecule has 0 aromatic carbocycles. The Balaban J connectivity index is 2.32. The number of hydrogen-bond acceptors (Lipinski definition) is 10. The standard InChI is InChI=1S/C49H86O10/c1-3-5-7-9-11-13-15-17-19-20-21-22-24-26-28-30-32-34-36-38-45(52)58-42(41-57-49-48(55)47(54)46(53)43(39-50)59-49)40-56-44(51)37-35-33-31-29-27-25-23-18-16-14-12-10-8-6-4-2/h11,13-14,16-19,23,42-43,46-50,53-55H,3-10,12,15,20-22,24-41H2,1-2H3/b13-11+,16-14+,19-17+,23-18+/t42-,43-,46+,47?,48?,49-/m1/s1. The van der Waals surface area contributed by atoms with Gasteiger partial charge in [-0.2, -0.15) is 0 Å². The number of carbonyl (C=O) groups is 2. The molecule has 0 amide bonds. The number of allylic oxidation sites excluding steroid dienone is 8. The molecule has 59 heavy (non-hydrogen) atoms. The first-order chi connectivity index (χ1) is 28.8. The lowest BCUT2D eigenvalue weighted by molar-refractivity contribution is -0.305. The van der Waals surface area contributed by atoms with Crippen molar-refractivity contribution < 1.29 is 49.0 Å². The Labute approximate surface area is 358 Å². The lowest BCUT2D eigenvalue weighted by Gasteiger charge is -2.39. The summed E-state index contributed by atoms with van der Waals surface area (Å²) in [5.41, 5.74) is 0. The van der Waals surface area contributed by atoms with E-state index in [1.807, 2.05) is 0 Å². The number of aliphatic hydroxyl groups excluding tert-OH is 4. The molecular formula is C49H86O10. The molecule has 0 bridgehead atoms. The zero-order valence-corrected chi connectivity index (χ0v) is 37.2. The fraction of sp³-hybridized carbons (Fsp3) is 0.796. The molecule has 10 nitrogen and oxygen atoms in total. The number of ether oxygens (including phenoxy) is 4. The number of hydrogen-bond donors (Lipinski definition) is 4. The predicted molar refractivity (Wildman–Crippen MR) is 238 cm³/mol. The highest BCUT2D eigenvalue weighted by atomic mass is 16.7. The highest BCUT2D eigenvalue weighted by Gasteiger charge is 2.44. The highest BCUT2D eigenvalue weighted by Crippen LogP contribution is 2.23. The summed E-state index contributed by atoms with van der Waals surface area (Å²) in [4.78, 5) is 25.4. The van der Waals surface area contributed by atoms with E-state index in [-0.39, 0.29) is 26.1 Å². The third kappa shape index (κ3) is 31.2. The summed E-state index contributed by atoms with van der Waals surface area (Å²) < 4.78 is 22.2. The van der Waals surface area contributed by atoms with Crippen LogP contribution >= 0.6 is 0 Å². The van der Waals surface area contributed by atoms with E-state index in [0.29, 0.717) is 12.8 Å². The molecule has 0 spiro atoms. The third-order valence-electron chi connectivity index (χ3n) is 10.7. The van der Waals surface area contributed by atoms with E-state index in [1.54, 1.807) is 0 Å². The molecule has 10 heteroatoms. The second-order valence-corrected chi connectivity index (χ2v) is 16.2. The van der Waals surface area contributed by atoms with E-state index in [2.05, 4.69) is 62.5 Å². The summed E-state index contributed by atoms with van der Waals surface area (Å²) in [7, 11) is 0. The lowest BCUT2D eigenvalue weighted by Crippen LogP contribution is -2.59. The molecule has 1 fully saturated rings. The molecule has 0 saturated carbocycles. The van der Waals surface area contributed by atoms with Gasteiger partial charge in [0, 0.05) is 12.8 Å². The monoisotopic (exact) mass is 835 g/mol. The molecule has 342 valence electrons. The lowest BCUT2D eigenvalue weighted by atomic mass is 9.99. The van der Waals surface area contributed by atoms with Crippen LogP contribution < -0.4 is 0 Å². The summed E-state index contributed by atoms with van der Waals surface area (Å²) in [6.07, 6.45) is 39.6. The molecule has 1 heterocycles. The van der Waals surface area contributed by atoms with Gasteiger partial charge in [0.2, 0.25) is 0 Å². The van der Waals surface area contributed by atoms with Crippen molar-refractivity contribution in [1.82, 2.24) is 0 Å². The van der Waals surface area contributed by atoms with Gasteiger partial charge in [-0.25, -0.2) is 0 Å². The average molecular weight is 835 g/mol. The normalized spacial score (nSPS) is 20.4. The van der Waals surface area contributed by atoms with E-state index in [1.165, 1.54) is 83.5 Å². The first-order valence-corrected chi connectivity index (χ1v) is 23.7. The maximum absolute atomic E-state index is 12.8. The second kappa shape index (κ2) is 39.8. The Hall–Kier alpha value is -2.34. The van der Waals surface area contributed by atoms with Gasteiger partial charge in [0.25, 0.3) is 0 Å². The van der Waals surface area contributed by atoms with E-state index in [4.69, 9.17) is 18.9 Å². The molecule has 6 atom stereocenters. The predicted octanol–water partition coefficient (Wildman–Crippen LogP) is 10.4. The quantitative estimate of drug-likeness (QED) is 0.0204. The minimum Gasteiger partial charge on any atom is -0.462 e. The van der Waals surface area contributed by atoms with Crippen LogP contribution in [0.4, 0.5) is 0 Å². The van der Waals surface area contributed by atoms with Crippen molar-refractivity contribution in [2.24, 2.45) is 0 Å². The van der Waals surface area contributed by atoms with Crippen molar-refractivity contribution in [3.8, 4) is 0 Å². The fourth-order valence-electron chi connectivity index (χ4n) is 6.91. The molecule has 0 aromatic heterocycles. The Morgan fingerprint density at radius 3 is 1.54 bits per heavy atom. The molecule has 1 rings (SSSR count). The van der Waals surface area contributed by atoms with Crippen LogP contribution in [0.2, 0.25) is 0 Å². The van der Waals surface area contributed by atoms with Crippen molar-refractivity contribution in [2.75, 3.05) is 19.8 Å². The van der Waals surface area contributed by atoms with E-state index in [0.717, 1.165) is 70.6 Å². The van der Waals surface area contributed by atoms with Gasteiger partial charge in [0.15, 0.2) is 12.4 Å². The van der Waals surface area contributed by atoms with Gasteiger partial charge < -0.3 is 39.4 Å². The SMILES string of the molecule is CCCCC/C=C/C/C=C/CCCCCCCCCCCC(=O)O[C@H](COC(=O)CCCCCCC/C=C/C=C/CCCCCC)CO[C@@H]1O[C@H](CO)[C@H](O)C(O)C1O. The zero-order valence-electron chi connectivity index (χ0n) is 37.2. The first kappa shape index (κ1) is 54.7. The molecule has 4 N–H and O–H groups in total. The molecule has 0 radical (unpaired) electrons. The van der Waals surface area contributed by atoms with Crippen molar-refractivity contribution in [3.05, 3.63) is 48.6 Å². The van der Waals surface area contributed by atoms with Gasteiger partial charge in [0.1, 0.15) is 31.0 Å². The zero-order chi connectivity index (χ0) is 43.0. The van der Waals surface area contributed by atoms with Crippen LogP contribution in [0.3, 0.4) is 0 Å². The third-order valence-corrected chi connectivity index (χ3v) is 10.7. The van der Waals surface area contributed by atoms with Crippen molar-refractivity contribution >= 4 is 11.9 Å². The second-order valence-electron chi connectivity index (χ2n) is 16.2. The number of carbonyl (C=O) groups excluding carboxylic acids is 2. The minimum absolute atomic E-state index is 0.221. The van der Waals surface area contributed by atoms with Crippen LogP contribution in [0.15, 0.2) is 48.6 Å². The molecule has 0 aliphatic carbocycles. The topological polar surface area (TPSA) is 152 Å². The van der Waals surface area contributed by atoms with Crippen LogP contribution in [0.25, 0.3) is 0 Å². The molecule has 0 aromatic rings. The Bertz CT molecular complexity index is 1100. The molecule has 1 aliphatic heterocycles. The molecular weight excluding hydrogens is 749 g/mol. The highest BCUT2D eigenvalue weighted by molar-refractivity contribution is 5.70. The van der Waals surface area contributed by atoms with Gasteiger partial charge >= 0.3 is 11.9 Å². The maximum Gasteiger partial charge on any atom is 0.306 e. The summed E-state index contributed by atoms with van der Waals surface area (Å²) in [5.74, 6) is -0.828. The average Bonchev–Trinajstić information content (AvgIpc) is 3.23. The fourth-order valence-corrected chi connectivity index (χ4v) is 6.91. The van der Waals surface area contributed by atoms with Crippen LogP contribution in [0.1, 0.15) is 194 Å². The van der Waals surface area contributed by atoms with Gasteiger partial charge in [-0.3, -0.25) is 9.59 Å². The number of aliphatic hydroxyl groups is 4. The van der Waals surface area contributed by atoms with Crippen molar-refractivity contribution in [2.45, 2.75) is 230 Å². The summed E-state index contributed by atoms with van der Waals surface area (Å²) in [6.45, 7) is 3.36. The van der Waals surface area contributed by atoms with Crippen LogP contribution in [-0.2, 0) is 28.5 Å². The minimum atomic E-state index is -1.60. The van der Waals surface area contributed by atoms with Gasteiger partial charge in [0.05, 0.1) is 13.2 Å². The molecule has 1 saturated heterocycles. The first-order valence-electron chi connectivity index (χ1n) is 23.7. The van der Waals surface area contributed by atoms with Gasteiger partial charge in [-0.05, 0) is 70.6 Å². The largest absolute Gasteiger partial charge is 0.462 e. The van der Waals surface area contributed by atoms with E-state index in [9.17, 15) is 30.0 Å². The summed E-state index contributed by atoms with van der Waals surface area (Å²) in [5, 5.41) is 40.1. The van der Waals surface area contributed by atoms with Crippen LogP contribution in [0.5, 0.6) is 0 Å². The van der Waals surface area contributed by atoms with Crippen molar-refractivity contribution in [3.63, 3.8) is 0 Å². The van der Waals surface area contributed by atoms with Crippen molar-refractivity contribution in [1.29, 1.82) is 0 Å². The van der Waals surface area contributed by atoms with Crippen LogP contribution in [0, 0.1) is 0 Å². The summed E-state index contributed by atoms with van der Waals surface area (Å²) in [6, 6.07) is 0. The smallest absolute Gasteiger partial charge is 0.306 e. The van der Waals surface area contributed by atoms with Crippen LogP contribution in [-0.4, -0.2) is 89.0 Å². The van der Waals surface area contributed by atoms with Gasteiger partial charge in [-0.15, -0.1) is 0 Å². The Morgan fingerprint density at radius 2 is 1.00 bits per heavy atom. The number of esters is 2. The van der Waals surface area contributed by atoms with Gasteiger partial charge in [-0.1, -0.05) is 159 Å². The van der Waals surface area contributed by atoms with E-state index < -0.39 is 55.4 Å². The molecule has 1 aliphatic rings. The number of unbranched alkanes of at least 4 members (excludes halogenated alkanes) is 21. The number of rotatable bonds is 39. The maximum atomic E-state index is 12.8. The summed E-state index contributed by atoms with van der Waals surface area (Å²) >= 11 is 0. The Morgan fingerprint density at radius 1 is 0.542 bits per heavy atom. The molecule has 2 unspecified atom stereocenters.